The van der Waals surface area contributed by atoms with Gasteiger partial charge in [-0.05, 0) is 44.2 Å². The third kappa shape index (κ3) is 4.02. The van der Waals surface area contributed by atoms with Gasteiger partial charge in [0.05, 0.1) is 12.6 Å². The van der Waals surface area contributed by atoms with E-state index < -0.39 is 0 Å². The van der Waals surface area contributed by atoms with Crippen LogP contribution < -0.4 is 5.32 Å². The molecule has 1 saturated carbocycles. The molecule has 1 aliphatic heterocycles. The first-order chi connectivity index (χ1) is 8.40. The number of allylic oxidation sites excluding steroid dienone is 1. The number of rotatable bonds is 6. The highest BCUT2D eigenvalue weighted by Gasteiger charge is 2.23. The van der Waals surface area contributed by atoms with E-state index in [1.165, 1.54) is 57.1 Å². The average Bonchev–Trinajstić information content (AvgIpc) is 2.88. The van der Waals surface area contributed by atoms with E-state index in [4.69, 9.17) is 4.74 Å². The normalized spacial score (nSPS) is 23.2. The second-order valence-electron chi connectivity index (χ2n) is 5.49. The fourth-order valence-electron chi connectivity index (χ4n) is 3.02. The molecule has 0 amide bonds. The van der Waals surface area contributed by atoms with E-state index in [-0.39, 0.29) is 0 Å². The summed E-state index contributed by atoms with van der Waals surface area (Å²) in [5, 5.41) is 3.67. The second kappa shape index (κ2) is 7.05. The molecule has 0 aromatic rings. The summed E-state index contributed by atoms with van der Waals surface area (Å²) in [6, 6.07) is 0.485. The van der Waals surface area contributed by atoms with Crippen molar-refractivity contribution >= 4 is 0 Å². The molecule has 0 radical (unpaired) electrons. The zero-order valence-corrected chi connectivity index (χ0v) is 11.2. The summed E-state index contributed by atoms with van der Waals surface area (Å²) in [6.45, 7) is 4.26. The molecule has 0 saturated heterocycles. The summed E-state index contributed by atoms with van der Waals surface area (Å²) in [5.41, 5.74) is 0. The van der Waals surface area contributed by atoms with Crippen LogP contribution in [0, 0.1) is 5.92 Å². The molecular weight excluding hydrogens is 210 g/mol. The number of hydrogen-bond donors (Lipinski definition) is 1. The molecule has 0 aromatic heterocycles. The molecule has 1 N–H and O–H groups in total. The highest BCUT2D eigenvalue weighted by Crippen LogP contribution is 2.30. The van der Waals surface area contributed by atoms with Gasteiger partial charge in [0.1, 0.15) is 5.76 Å². The lowest BCUT2D eigenvalue weighted by atomic mass is 9.96. The van der Waals surface area contributed by atoms with Crippen molar-refractivity contribution in [1.29, 1.82) is 0 Å². The maximum Gasteiger partial charge on any atom is 0.109 e. The van der Waals surface area contributed by atoms with Crippen molar-refractivity contribution in [3.8, 4) is 0 Å². The maximum absolute atomic E-state index is 5.85. The summed E-state index contributed by atoms with van der Waals surface area (Å²) >= 11 is 0. The van der Waals surface area contributed by atoms with Crippen molar-refractivity contribution in [3.63, 3.8) is 0 Å². The van der Waals surface area contributed by atoms with E-state index in [0.29, 0.717) is 6.04 Å². The molecule has 2 rings (SSSR count). The molecule has 2 heteroatoms. The van der Waals surface area contributed by atoms with Crippen LogP contribution >= 0.6 is 0 Å². The van der Waals surface area contributed by atoms with Crippen LogP contribution in [0.5, 0.6) is 0 Å². The van der Waals surface area contributed by atoms with Crippen molar-refractivity contribution in [1.82, 2.24) is 5.32 Å². The van der Waals surface area contributed by atoms with Crippen molar-refractivity contribution in [2.45, 2.75) is 64.3 Å². The van der Waals surface area contributed by atoms with Gasteiger partial charge in [0.25, 0.3) is 0 Å². The van der Waals surface area contributed by atoms with Gasteiger partial charge in [0.2, 0.25) is 0 Å². The van der Waals surface area contributed by atoms with Gasteiger partial charge < -0.3 is 10.1 Å². The molecule has 1 unspecified atom stereocenters. The number of ether oxygens (including phenoxy) is 1. The molecule has 0 spiro atoms. The number of hydrogen-bond acceptors (Lipinski definition) is 2. The second-order valence-corrected chi connectivity index (χ2v) is 5.49. The lowest BCUT2D eigenvalue weighted by molar-refractivity contribution is 0.159. The van der Waals surface area contributed by atoms with Crippen molar-refractivity contribution in [3.05, 3.63) is 11.8 Å². The minimum absolute atomic E-state index is 0.485. The van der Waals surface area contributed by atoms with Crippen LogP contribution in [0.2, 0.25) is 0 Å². The molecule has 2 nitrogen and oxygen atoms in total. The molecule has 0 bridgehead atoms. The van der Waals surface area contributed by atoms with Gasteiger partial charge in [0, 0.05) is 0 Å². The average molecular weight is 237 g/mol. The van der Waals surface area contributed by atoms with Crippen molar-refractivity contribution in [2.75, 3.05) is 13.2 Å². The van der Waals surface area contributed by atoms with Crippen LogP contribution in [0.3, 0.4) is 0 Å². The molecule has 1 atom stereocenters. The van der Waals surface area contributed by atoms with Gasteiger partial charge in [-0.3, -0.25) is 0 Å². The van der Waals surface area contributed by atoms with Crippen molar-refractivity contribution < 1.29 is 4.74 Å². The summed E-state index contributed by atoms with van der Waals surface area (Å²) < 4.78 is 5.85. The monoisotopic (exact) mass is 237 g/mol. The van der Waals surface area contributed by atoms with Crippen LogP contribution in [-0.4, -0.2) is 19.2 Å². The first-order valence-corrected chi connectivity index (χ1v) is 7.46. The predicted molar refractivity (Wildman–Crippen MR) is 71.9 cm³/mol. The summed E-state index contributed by atoms with van der Waals surface area (Å²) in [4.78, 5) is 0. The number of nitrogens with one attached hydrogen (secondary N) is 1. The Kier molecular flexibility index (Phi) is 5.37. The molecule has 1 aliphatic carbocycles. The molecule has 0 aromatic carbocycles. The van der Waals surface area contributed by atoms with E-state index in [1.54, 1.807) is 0 Å². The first kappa shape index (κ1) is 12.9. The Morgan fingerprint density at radius 1 is 1.35 bits per heavy atom. The first-order valence-electron chi connectivity index (χ1n) is 7.46. The van der Waals surface area contributed by atoms with Crippen LogP contribution in [0.25, 0.3) is 0 Å². The molecule has 98 valence electrons. The minimum Gasteiger partial charge on any atom is -0.497 e. The lowest BCUT2D eigenvalue weighted by Gasteiger charge is -2.27. The Morgan fingerprint density at radius 2 is 2.18 bits per heavy atom. The molecule has 1 heterocycles. The predicted octanol–water partition coefficient (Wildman–Crippen LogP) is 3.63. The van der Waals surface area contributed by atoms with Crippen LogP contribution in [0.15, 0.2) is 11.8 Å². The highest BCUT2D eigenvalue weighted by molar-refractivity contribution is 5.06. The van der Waals surface area contributed by atoms with Gasteiger partial charge in [-0.15, -0.1) is 0 Å². The highest BCUT2D eigenvalue weighted by atomic mass is 16.5. The van der Waals surface area contributed by atoms with E-state index in [0.717, 1.165) is 19.1 Å². The zero-order valence-electron chi connectivity index (χ0n) is 11.2. The topological polar surface area (TPSA) is 21.3 Å². The summed E-state index contributed by atoms with van der Waals surface area (Å²) in [5.74, 6) is 2.16. The Morgan fingerprint density at radius 3 is 2.82 bits per heavy atom. The third-order valence-electron chi connectivity index (χ3n) is 3.99. The minimum atomic E-state index is 0.485. The van der Waals surface area contributed by atoms with E-state index in [9.17, 15) is 0 Å². The lowest BCUT2D eigenvalue weighted by Crippen LogP contribution is -2.35. The van der Waals surface area contributed by atoms with Crippen LogP contribution in [0.1, 0.15) is 58.3 Å². The van der Waals surface area contributed by atoms with Gasteiger partial charge >= 0.3 is 0 Å². The maximum atomic E-state index is 5.85. The Bertz CT molecular complexity index is 243. The quantitative estimate of drug-likeness (QED) is 0.761. The Balaban J connectivity index is 1.88. The van der Waals surface area contributed by atoms with Gasteiger partial charge in [-0.1, -0.05) is 32.6 Å². The SMILES string of the molecule is CCCNC(CC1CCCC1)C1=CCCCO1. The van der Waals surface area contributed by atoms with Gasteiger partial charge in [-0.2, -0.15) is 0 Å². The molecule has 2 aliphatic rings. The molecule has 1 fully saturated rings. The van der Waals surface area contributed by atoms with Gasteiger partial charge in [0.15, 0.2) is 0 Å². The fraction of sp³-hybridized carbons (Fsp3) is 0.867. The Hall–Kier alpha value is -0.500. The summed E-state index contributed by atoms with van der Waals surface area (Å²) in [6.07, 6.45) is 12.9. The third-order valence-corrected chi connectivity index (χ3v) is 3.99. The van der Waals surface area contributed by atoms with E-state index >= 15 is 0 Å². The fourth-order valence-corrected chi connectivity index (χ4v) is 3.02. The largest absolute Gasteiger partial charge is 0.497 e. The van der Waals surface area contributed by atoms with E-state index in [2.05, 4.69) is 18.3 Å². The summed E-state index contributed by atoms with van der Waals surface area (Å²) in [7, 11) is 0. The molecule has 17 heavy (non-hydrogen) atoms. The Labute approximate surface area is 106 Å². The van der Waals surface area contributed by atoms with Crippen LogP contribution in [0.4, 0.5) is 0 Å². The smallest absolute Gasteiger partial charge is 0.109 e. The standard InChI is InChI=1S/C15H27NO/c1-2-10-16-14(12-13-7-3-4-8-13)15-9-5-6-11-17-15/h9,13-14,16H,2-8,10-12H2,1H3. The zero-order chi connectivity index (χ0) is 11.9. The van der Waals surface area contributed by atoms with Gasteiger partial charge in [-0.25, -0.2) is 0 Å². The van der Waals surface area contributed by atoms with E-state index in [1.807, 2.05) is 0 Å². The van der Waals surface area contributed by atoms with Crippen LogP contribution in [-0.2, 0) is 4.74 Å². The molecular formula is C15H27NO. The van der Waals surface area contributed by atoms with Crippen molar-refractivity contribution in [2.24, 2.45) is 5.92 Å².